The van der Waals surface area contributed by atoms with Gasteiger partial charge in [0.2, 0.25) is 0 Å². The molecule has 16 heavy (non-hydrogen) atoms. The van der Waals surface area contributed by atoms with Crippen LogP contribution in [0, 0.1) is 13.8 Å². The van der Waals surface area contributed by atoms with Gasteiger partial charge in [-0.1, -0.05) is 0 Å². The number of aryl methyl sites for hydroxylation is 2. The van der Waals surface area contributed by atoms with Crippen LogP contribution in [0.5, 0.6) is 0 Å². The minimum atomic E-state index is -0.884. The minimum Gasteiger partial charge on any atom is -0.480 e. The number of likely N-dealkylation sites (N-methyl/N-ethyl adjacent to an activating group) is 1. The van der Waals surface area contributed by atoms with Crippen molar-refractivity contribution < 1.29 is 9.90 Å². The van der Waals surface area contributed by atoms with Gasteiger partial charge in [-0.05, 0) is 34.2 Å². The topological polar surface area (TPSA) is 67.2 Å². The quantitative estimate of drug-likeness (QED) is 0.783. The fraction of sp³-hybridized carbons (Fsp3) is 0.636. The lowest BCUT2D eigenvalue weighted by atomic mass is 9.98. The van der Waals surface area contributed by atoms with Crippen LogP contribution in [-0.2, 0) is 11.3 Å². The van der Waals surface area contributed by atoms with Gasteiger partial charge in [0.25, 0.3) is 0 Å². The first-order valence-electron chi connectivity index (χ1n) is 5.31. The predicted octanol–water partition coefficient (Wildman–Crippen LogP) is 0.953. The lowest BCUT2D eigenvalue weighted by Gasteiger charge is -2.24. The molecule has 0 fully saturated rings. The van der Waals surface area contributed by atoms with E-state index in [0.29, 0.717) is 13.0 Å². The first-order chi connectivity index (χ1) is 7.40. The van der Waals surface area contributed by atoms with Crippen molar-refractivity contribution in [2.75, 3.05) is 7.05 Å². The summed E-state index contributed by atoms with van der Waals surface area (Å²) < 4.78 is 1.98. The fourth-order valence-corrected chi connectivity index (χ4v) is 1.45. The molecule has 1 heterocycles. The Balaban J connectivity index is 2.70. The van der Waals surface area contributed by atoms with E-state index >= 15 is 0 Å². The molecule has 0 radical (unpaired) electrons. The molecule has 0 aliphatic heterocycles. The van der Waals surface area contributed by atoms with E-state index in [1.165, 1.54) is 0 Å². The van der Waals surface area contributed by atoms with Crippen molar-refractivity contribution >= 4 is 5.97 Å². The summed E-state index contributed by atoms with van der Waals surface area (Å²) in [4.78, 5) is 15.3. The molecular formula is C11H19N3O2. The second-order valence-corrected chi connectivity index (χ2v) is 4.25. The third-order valence-electron chi connectivity index (χ3n) is 3.22. The Hall–Kier alpha value is -1.36. The average Bonchev–Trinajstić information content (AvgIpc) is 2.56. The zero-order valence-corrected chi connectivity index (χ0v) is 10.2. The van der Waals surface area contributed by atoms with Gasteiger partial charge in [0, 0.05) is 12.2 Å². The lowest BCUT2D eigenvalue weighted by molar-refractivity contribution is -0.144. The number of aliphatic carboxylic acids is 1. The van der Waals surface area contributed by atoms with Crippen molar-refractivity contribution in [1.29, 1.82) is 0 Å². The van der Waals surface area contributed by atoms with Crippen molar-refractivity contribution in [3.05, 3.63) is 17.7 Å². The highest BCUT2D eigenvalue weighted by Crippen LogP contribution is 2.13. The predicted molar refractivity (Wildman–Crippen MR) is 61.4 cm³/mol. The van der Waals surface area contributed by atoms with Crippen LogP contribution in [0.3, 0.4) is 0 Å². The molecule has 1 aromatic heterocycles. The molecule has 1 unspecified atom stereocenters. The largest absolute Gasteiger partial charge is 0.480 e. The molecule has 0 aliphatic carbocycles. The Kier molecular flexibility index (Phi) is 3.70. The standard InChI is InChI=1S/C11H19N3O2/c1-8-9(2)14(7-13-8)6-5-11(3,12-4)10(15)16/h7,12H,5-6H2,1-4H3,(H,15,16). The van der Waals surface area contributed by atoms with Crippen molar-refractivity contribution in [2.45, 2.75) is 39.3 Å². The van der Waals surface area contributed by atoms with Crippen LogP contribution in [0.2, 0.25) is 0 Å². The van der Waals surface area contributed by atoms with Crippen LogP contribution in [0.4, 0.5) is 0 Å². The van der Waals surface area contributed by atoms with Gasteiger partial charge >= 0.3 is 5.97 Å². The van der Waals surface area contributed by atoms with Crippen molar-refractivity contribution in [3.63, 3.8) is 0 Å². The van der Waals surface area contributed by atoms with E-state index in [2.05, 4.69) is 10.3 Å². The average molecular weight is 225 g/mol. The van der Waals surface area contributed by atoms with Gasteiger partial charge in [0.05, 0.1) is 12.0 Å². The van der Waals surface area contributed by atoms with E-state index in [1.54, 1.807) is 20.3 Å². The van der Waals surface area contributed by atoms with E-state index in [-0.39, 0.29) is 0 Å². The van der Waals surface area contributed by atoms with E-state index < -0.39 is 11.5 Å². The Morgan fingerprint density at radius 2 is 2.25 bits per heavy atom. The molecular weight excluding hydrogens is 206 g/mol. The van der Waals surface area contributed by atoms with E-state index in [4.69, 9.17) is 5.11 Å². The van der Waals surface area contributed by atoms with Crippen LogP contribution >= 0.6 is 0 Å². The molecule has 0 aromatic carbocycles. The maximum atomic E-state index is 11.1. The second-order valence-electron chi connectivity index (χ2n) is 4.25. The molecule has 1 aromatic rings. The summed E-state index contributed by atoms with van der Waals surface area (Å²) in [7, 11) is 1.67. The van der Waals surface area contributed by atoms with Crippen LogP contribution in [0.15, 0.2) is 6.33 Å². The summed E-state index contributed by atoms with van der Waals surface area (Å²) in [5, 5.41) is 11.9. The van der Waals surface area contributed by atoms with Crippen molar-refractivity contribution in [1.82, 2.24) is 14.9 Å². The second kappa shape index (κ2) is 4.65. The molecule has 5 nitrogen and oxygen atoms in total. The summed E-state index contributed by atoms with van der Waals surface area (Å²) in [6, 6.07) is 0. The molecule has 0 saturated carbocycles. The molecule has 0 aliphatic rings. The van der Waals surface area contributed by atoms with Crippen molar-refractivity contribution in [2.24, 2.45) is 0 Å². The number of carbonyl (C=O) groups is 1. The zero-order valence-electron chi connectivity index (χ0n) is 10.2. The van der Waals surface area contributed by atoms with Gasteiger partial charge in [-0.3, -0.25) is 4.79 Å². The molecule has 0 spiro atoms. The minimum absolute atomic E-state index is 0.523. The van der Waals surface area contributed by atoms with Gasteiger partial charge in [-0.15, -0.1) is 0 Å². The maximum absolute atomic E-state index is 11.1. The summed E-state index contributed by atoms with van der Waals surface area (Å²) in [5.74, 6) is -0.829. The Bertz CT molecular complexity index is 387. The lowest BCUT2D eigenvalue weighted by Crippen LogP contribution is -2.48. The van der Waals surface area contributed by atoms with Gasteiger partial charge in [0.15, 0.2) is 0 Å². The summed E-state index contributed by atoms with van der Waals surface area (Å²) >= 11 is 0. The van der Waals surface area contributed by atoms with Gasteiger partial charge < -0.3 is 15.0 Å². The van der Waals surface area contributed by atoms with Gasteiger partial charge in [0.1, 0.15) is 5.54 Å². The normalized spacial score (nSPS) is 14.8. The molecule has 0 amide bonds. The SMILES string of the molecule is CNC(C)(CCn1cnc(C)c1C)C(=O)O. The number of nitrogens with one attached hydrogen (secondary N) is 1. The number of nitrogens with zero attached hydrogens (tertiary/aromatic N) is 2. The molecule has 2 N–H and O–H groups in total. The number of rotatable bonds is 5. The number of hydrogen-bond donors (Lipinski definition) is 2. The van der Waals surface area contributed by atoms with E-state index in [9.17, 15) is 4.79 Å². The Labute approximate surface area is 95.5 Å². The fourth-order valence-electron chi connectivity index (χ4n) is 1.45. The number of carboxylic acids is 1. The molecule has 5 heteroatoms. The van der Waals surface area contributed by atoms with E-state index in [0.717, 1.165) is 11.4 Å². The highest BCUT2D eigenvalue weighted by atomic mass is 16.4. The molecule has 1 rings (SSSR count). The number of imidazole rings is 1. The third kappa shape index (κ3) is 2.41. The first-order valence-corrected chi connectivity index (χ1v) is 5.31. The molecule has 1 atom stereocenters. The van der Waals surface area contributed by atoms with Crippen molar-refractivity contribution in [3.8, 4) is 0 Å². The molecule has 0 bridgehead atoms. The number of aromatic nitrogens is 2. The molecule has 90 valence electrons. The molecule has 0 saturated heterocycles. The van der Waals surface area contributed by atoms with Crippen LogP contribution in [-0.4, -0.2) is 33.2 Å². The number of hydrogen-bond acceptors (Lipinski definition) is 3. The van der Waals surface area contributed by atoms with E-state index in [1.807, 2.05) is 18.4 Å². The van der Waals surface area contributed by atoms with Crippen LogP contribution in [0.1, 0.15) is 24.7 Å². The highest BCUT2D eigenvalue weighted by Gasteiger charge is 2.30. The van der Waals surface area contributed by atoms with Gasteiger partial charge in [-0.2, -0.15) is 0 Å². The summed E-state index contributed by atoms with van der Waals surface area (Å²) in [6.45, 7) is 6.27. The zero-order chi connectivity index (χ0) is 12.3. The smallest absolute Gasteiger partial charge is 0.323 e. The van der Waals surface area contributed by atoms with Crippen LogP contribution < -0.4 is 5.32 Å². The number of carboxylic acid groups (broad SMARTS) is 1. The highest BCUT2D eigenvalue weighted by molar-refractivity contribution is 5.78. The summed E-state index contributed by atoms with van der Waals surface area (Å²) in [6.07, 6.45) is 2.28. The maximum Gasteiger partial charge on any atom is 0.323 e. The third-order valence-corrected chi connectivity index (χ3v) is 3.22. The summed E-state index contributed by atoms with van der Waals surface area (Å²) in [5.41, 5.74) is 1.19. The van der Waals surface area contributed by atoms with Gasteiger partial charge in [-0.25, -0.2) is 4.98 Å². The monoisotopic (exact) mass is 225 g/mol. The first kappa shape index (κ1) is 12.7. The Morgan fingerprint density at radius 3 is 2.62 bits per heavy atom. The Morgan fingerprint density at radius 1 is 1.62 bits per heavy atom. The van der Waals surface area contributed by atoms with Crippen LogP contribution in [0.25, 0.3) is 0 Å².